The number of hydrogen-bond donors (Lipinski definition) is 1. The molecular formula is C32H34Cl2N6O2. The highest BCUT2D eigenvalue weighted by molar-refractivity contribution is 6.39. The summed E-state index contributed by atoms with van der Waals surface area (Å²) in [6, 6.07) is 15.4. The van der Waals surface area contributed by atoms with Crippen LogP contribution in [0.25, 0.3) is 22.4 Å². The first-order chi connectivity index (χ1) is 20.3. The smallest absolute Gasteiger partial charge is 0.291 e. The summed E-state index contributed by atoms with van der Waals surface area (Å²) in [4.78, 5) is 27.4. The van der Waals surface area contributed by atoms with Gasteiger partial charge in [0, 0.05) is 61.1 Å². The van der Waals surface area contributed by atoms with E-state index in [1.807, 2.05) is 48.0 Å². The molecule has 4 heterocycles. The molecule has 4 aromatic rings. The van der Waals surface area contributed by atoms with Crippen molar-refractivity contribution in [3.8, 4) is 28.3 Å². The molecule has 218 valence electrons. The van der Waals surface area contributed by atoms with Crippen molar-refractivity contribution in [2.75, 3.05) is 39.1 Å². The molecule has 0 bridgehead atoms. The first-order valence-electron chi connectivity index (χ1n) is 14.2. The van der Waals surface area contributed by atoms with Crippen LogP contribution in [0.4, 0.5) is 5.69 Å². The molecule has 0 aliphatic carbocycles. The summed E-state index contributed by atoms with van der Waals surface area (Å²) in [6.45, 7) is 4.67. The topological polar surface area (TPSA) is 75.5 Å². The molecule has 0 atom stereocenters. The number of fused-ring (bicyclic) bond motifs is 1. The van der Waals surface area contributed by atoms with E-state index in [-0.39, 0.29) is 5.91 Å². The summed E-state index contributed by atoms with van der Waals surface area (Å²) in [5.74, 6) is 0.662. The number of benzene rings is 2. The Kier molecular flexibility index (Phi) is 8.23. The fourth-order valence-electron chi connectivity index (χ4n) is 5.91. The maximum atomic E-state index is 13.3. The van der Waals surface area contributed by atoms with Crippen molar-refractivity contribution in [3.05, 3.63) is 81.4 Å². The maximum absolute atomic E-state index is 13.3. The molecule has 2 aromatic carbocycles. The van der Waals surface area contributed by atoms with Crippen LogP contribution >= 0.6 is 23.2 Å². The average Bonchev–Trinajstić information content (AvgIpc) is 3.62. The number of nitrogens with zero attached hydrogens (tertiary/aromatic N) is 5. The van der Waals surface area contributed by atoms with Crippen molar-refractivity contribution in [2.24, 2.45) is 7.05 Å². The first kappa shape index (κ1) is 28.7. The second-order valence-electron chi connectivity index (χ2n) is 11.0. The monoisotopic (exact) mass is 604 g/mol. The molecule has 1 fully saturated rings. The van der Waals surface area contributed by atoms with Gasteiger partial charge in [-0.1, -0.05) is 59.6 Å². The number of carbonyl (C=O) groups is 1. The highest BCUT2D eigenvalue weighted by atomic mass is 35.5. The lowest BCUT2D eigenvalue weighted by atomic mass is 10.00. The minimum Gasteiger partial charge on any atom is -0.481 e. The van der Waals surface area contributed by atoms with Crippen molar-refractivity contribution in [1.29, 1.82) is 0 Å². The molecule has 10 heteroatoms. The molecule has 6 rings (SSSR count). The fraction of sp³-hybridized carbons (Fsp3) is 0.344. The first-order valence-corrected chi connectivity index (χ1v) is 15.0. The number of aromatic nitrogens is 3. The van der Waals surface area contributed by atoms with E-state index in [0.717, 1.165) is 67.2 Å². The van der Waals surface area contributed by atoms with Gasteiger partial charge in [0.2, 0.25) is 5.88 Å². The van der Waals surface area contributed by atoms with E-state index in [1.165, 1.54) is 12.8 Å². The summed E-state index contributed by atoms with van der Waals surface area (Å²) < 4.78 is 7.55. The quantitative estimate of drug-likeness (QED) is 0.267. The van der Waals surface area contributed by atoms with E-state index < -0.39 is 0 Å². The van der Waals surface area contributed by atoms with Gasteiger partial charge in [-0.2, -0.15) is 0 Å². The number of ether oxygens (including phenoxy) is 1. The third kappa shape index (κ3) is 5.52. The number of rotatable bonds is 7. The van der Waals surface area contributed by atoms with E-state index in [2.05, 4.69) is 33.2 Å². The number of likely N-dealkylation sites (N-methyl/N-ethyl adjacent to an activating group) is 1. The Labute approximate surface area is 256 Å². The Morgan fingerprint density at radius 2 is 1.64 bits per heavy atom. The van der Waals surface area contributed by atoms with Crippen LogP contribution in [0.2, 0.25) is 10.0 Å². The molecule has 42 heavy (non-hydrogen) atoms. The van der Waals surface area contributed by atoms with Crippen molar-refractivity contribution in [3.63, 3.8) is 0 Å². The predicted octanol–water partition coefficient (Wildman–Crippen LogP) is 6.30. The van der Waals surface area contributed by atoms with Crippen LogP contribution in [0.3, 0.4) is 0 Å². The fourth-order valence-corrected chi connectivity index (χ4v) is 6.51. The Morgan fingerprint density at radius 3 is 2.40 bits per heavy atom. The van der Waals surface area contributed by atoms with Crippen LogP contribution in [0.1, 0.15) is 40.4 Å². The van der Waals surface area contributed by atoms with Gasteiger partial charge < -0.3 is 19.5 Å². The zero-order valence-corrected chi connectivity index (χ0v) is 25.6. The highest BCUT2D eigenvalue weighted by Gasteiger charge is 2.25. The minimum atomic E-state index is -0.307. The normalized spacial score (nSPS) is 15.5. The van der Waals surface area contributed by atoms with Crippen molar-refractivity contribution < 1.29 is 9.53 Å². The lowest BCUT2D eigenvalue weighted by Gasteiger charge is -2.21. The number of nitrogens with one attached hydrogen (secondary N) is 1. The van der Waals surface area contributed by atoms with Crippen LogP contribution in [-0.2, 0) is 26.6 Å². The lowest BCUT2D eigenvalue weighted by Crippen LogP contribution is -2.27. The third-order valence-corrected chi connectivity index (χ3v) is 9.00. The van der Waals surface area contributed by atoms with Gasteiger partial charge in [-0.3, -0.25) is 9.69 Å². The molecule has 0 spiro atoms. The van der Waals surface area contributed by atoms with Crippen LogP contribution in [0.15, 0.2) is 48.5 Å². The van der Waals surface area contributed by atoms with E-state index in [0.29, 0.717) is 38.7 Å². The number of anilines is 1. The lowest BCUT2D eigenvalue weighted by molar-refractivity contribution is 0.101. The Morgan fingerprint density at radius 1 is 0.929 bits per heavy atom. The van der Waals surface area contributed by atoms with E-state index in [9.17, 15) is 4.79 Å². The molecule has 1 N–H and O–H groups in total. The number of imidazole rings is 1. The van der Waals surface area contributed by atoms with Crippen LogP contribution in [0.5, 0.6) is 5.88 Å². The van der Waals surface area contributed by atoms with Gasteiger partial charge in [0.05, 0.1) is 34.2 Å². The van der Waals surface area contributed by atoms with Gasteiger partial charge in [0.15, 0.2) is 5.82 Å². The summed E-state index contributed by atoms with van der Waals surface area (Å²) in [5.41, 5.74) is 6.52. The number of likely N-dealkylation sites (tertiary alicyclic amines) is 1. The van der Waals surface area contributed by atoms with E-state index >= 15 is 0 Å². The largest absolute Gasteiger partial charge is 0.481 e. The van der Waals surface area contributed by atoms with E-state index in [1.54, 1.807) is 13.2 Å². The number of halogens is 2. The Balaban J connectivity index is 1.28. The standard InChI is InChI=1S/C32H34Cl2N6O2/c1-38-17-14-27-26(19-38)35-30(39(27)2)31(41)36-25-11-7-9-22(29(25)34)21-8-6-10-23(28(21)33)24-13-12-20(32(37-24)42-3)18-40-15-4-5-16-40/h6-13H,4-5,14-19H2,1-3H3,(H,36,41). The van der Waals surface area contributed by atoms with Crippen molar-refractivity contribution in [2.45, 2.75) is 32.4 Å². The van der Waals surface area contributed by atoms with Crippen molar-refractivity contribution >= 4 is 34.8 Å². The van der Waals surface area contributed by atoms with Gasteiger partial charge in [-0.15, -0.1) is 0 Å². The van der Waals surface area contributed by atoms with Crippen LogP contribution < -0.4 is 10.1 Å². The third-order valence-electron chi connectivity index (χ3n) is 8.19. The second-order valence-corrected chi connectivity index (χ2v) is 11.8. The number of pyridine rings is 1. The van der Waals surface area contributed by atoms with Gasteiger partial charge in [-0.25, -0.2) is 9.97 Å². The number of hydrogen-bond acceptors (Lipinski definition) is 6. The maximum Gasteiger partial charge on any atom is 0.291 e. The SMILES string of the molecule is COc1nc(-c2cccc(-c3cccc(NC(=O)c4nc5c(n4C)CCN(C)C5)c3Cl)c2Cl)ccc1CN1CCCC1. The molecular weight excluding hydrogens is 571 g/mol. The highest BCUT2D eigenvalue weighted by Crippen LogP contribution is 2.41. The Bertz CT molecular complexity index is 1650. The zero-order valence-electron chi connectivity index (χ0n) is 24.1. The summed E-state index contributed by atoms with van der Waals surface area (Å²) in [5, 5.41) is 3.89. The molecule has 0 unspecified atom stereocenters. The van der Waals surface area contributed by atoms with Crippen LogP contribution in [-0.4, -0.2) is 64.0 Å². The molecule has 2 aromatic heterocycles. The van der Waals surface area contributed by atoms with Crippen LogP contribution in [0, 0.1) is 0 Å². The average molecular weight is 606 g/mol. The predicted molar refractivity (Wildman–Crippen MR) is 167 cm³/mol. The molecule has 0 radical (unpaired) electrons. The molecule has 1 amide bonds. The molecule has 0 saturated carbocycles. The Hall–Kier alpha value is -3.43. The molecule has 2 aliphatic rings. The number of methoxy groups -OCH3 is 1. The van der Waals surface area contributed by atoms with E-state index in [4.69, 9.17) is 32.9 Å². The summed E-state index contributed by atoms with van der Waals surface area (Å²) in [7, 11) is 5.59. The zero-order chi connectivity index (χ0) is 29.4. The number of carbonyl (C=O) groups excluding carboxylic acids is 1. The van der Waals surface area contributed by atoms with Crippen molar-refractivity contribution in [1.82, 2.24) is 24.3 Å². The molecule has 2 aliphatic heterocycles. The van der Waals surface area contributed by atoms with Gasteiger partial charge in [0.1, 0.15) is 0 Å². The second kappa shape index (κ2) is 12.1. The van der Waals surface area contributed by atoms with Gasteiger partial charge in [0.25, 0.3) is 5.91 Å². The summed E-state index contributed by atoms with van der Waals surface area (Å²) >= 11 is 13.9. The molecule has 8 nitrogen and oxygen atoms in total. The molecule has 1 saturated heterocycles. The van der Waals surface area contributed by atoms with Gasteiger partial charge in [-0.05, 0) is 45.1 Å². The number of amides is 1. The van der Waals surface area contributed by atoms with Gasteiger partial charge >= 0.3 is 0 Å². The minimum absolute atomic E-state index is 0.307. The summed E-state index contributed by atoms with van der Waals surface area (Å²) in [6.07, 6.45) is 3.31.